The van der Waals surface area contributed by atoms with Crippen LogP contribution in [0.15, 0.2) is 6.33 Å². The fourth-order valence-electron chi connectivity index (χ4n) is 0.780. The van der Waals surface area contributed by atoms with Gasteiger partial charge in [-0.05, 0) is 6.42 Å². The molecule has 0 spiro atoms. The molecule has 0 aliphatic rings. The quantitative estimate of drug-likeness (QED) is 0.596. The molecule has 0 bridgehead atoms. The highest BCUT2D eigenvalue weighted by Gasteiger charge is 2.17. The number of carbonyl (C=O) groups is 1. The van der Waals surface area contributed by atoms with E-state index in [1.807, 2.05) is 6.92 Å². The van der Waals surface area contributed by atoms with Crippen molar-refractivity contribution in [3.63, 3.8) is 0 Å². The van der Waals surface area contributed by atoms with Crippen LogP contribution in [0.4, 0.5) is 0 Å². The minimum atomic E-state index is -0.595. The first-order chi connectivity index (χ1) is 6.66. The van der Waals surface area contributed by atoms with E-state index in [-0.39, 0.29) is 15.9 Å². The summed E-state index contributed by atoms with van der Waals surface area (Å²) >= 11 is 11.3. The molecular weight excluding hydrogens is 227 g/mol. The molecule has 0 unspecified atom stereocenters. The molecule has 76 valence electrons. The molecule has 0 saturated carbocycles. The van der Waals surface area contributed by atoms with Gasteiger partial charge in [-0.25, -0.2) is 14.8 Å². The van der Waals surface area contributed by atoms with Crippen molar-refractivity contribution in [3.05, 3.63) is 22.2 Å². The van der Waals surface area contributed by atoms with E-state index in [0.717, 1.165) is 6.42 Å². The molecule has 0 aliphatic heterocycles. The van der Waals surface area contributed by atoms with Crippen LogP contribution in [0.5, 0.6) is 0 Å². The zero-order chi connectivity index (χ0) is 10.6. The zero-order valence-corrected chi connectivity index (χ0v) is 8.97. The Bertz CT molecular complexity index is 324. The molecule has 0 saturated heterocycles. The van der Waals surface area contributed by atoms with Gasteiger partial charge in [-0.3, -0.25) is 0 Å². The molecular formula is C8H8Cl2N2O2. The van der Waals surface area contributed by atoms with Gasteiger partial charge in [0.25, 0.3) is 0 Å². The molecule has 14 heavy (non-hydrogen) atoms. The third kappa shape index (κ3) is 2.56. The van der Waals surface area contributed by atoms with Crippen LogP contribution >= 0.6 is 23.2 Å². The zero-order valence-electron chi connectivity index (χ0n) is 7.46. The first-order valence-corrected chi connectivity index (χ1v) is 4.75. The maximum absolute atomic E-state index is 11.4. The van der Waals surface area contributed by atoms with E-state index < -0.39 is 5.97 Å². The third-order valence-corrected chi connectivity index (χ3v) is 1.97. The fourth-order valence-corrected chi connectivity index (χ4v) is 1.25. The number of hydrogen-bond donors (Lipinski definition) is 0. The van der Waals surface area contributed by atoms with Crippen LogP contribution in [-0.2, 0) is 4.74 Å². The Labute approximate surface area is 91.2 Å². The van der Waals surface area contributed by atoms with Crippen LogP contribution in [-0.4, -0.2) is 22.5 Å². The number of carbonyl (C=O) groups excluding carboxylic acids is 1. The van der Waals surface area contributed by atoms with E-state index in [9.17, 15) is 4.79 Å². The molecule has 1 heterocycles. The van der Waals surface area contributed by atoms with E-state index in [4.69, 9.17) is 27.9 Å². The lowest BCUT2D eigenvalue weighted by atomic mass is 10.3. The van der Waals surface area contributed by atoms with Gasteiger partial charge in [-0.1, -0.05) is 30.1 Å². The van der Waals surface area contributed by atoms with Crippen LogP contribution < -0.4 is 0 Å². The topological polar surface area (TPSA) is 52.1 Å². The summed E-state index contributed by atoms with van der Waals surface area (Å²) in [6.07, 6.45) is 1.91. The maximum atomic E-state index is 11.4. The van der Waals surface area contributed by atoms with Crippen molar-refractivity contribution >= 4 is 29.2 Å². The van der Waals surface area contributed by atoms with Gasteiger partial charge in [0.15, 0.2) is 0 Å². The predicted octanol–water partition coefficient (Wildman–Crippen LogP) is 2.35. The molecule has 0 atom stereocenters. The van der Waals surface area contributed by atoms with Crippen LogP contribution in [0.2, 0.25) is 10.3 Å². The highest BCUT2D eigenvalue weighted by Crippen LogP contribution is 2.20. The second-order valence-electron chi connectivity index (χ2n) is 2.47. The molecule has 0 aliphatic carbocycles. The van der Waals surface area contributed by atoms with Crippen molar-refractivity contribution in [1.82, 2.24) is 9.97 Å². The Morgan fingerprint density at radius 2 is 2.00 bits per heavy atom. The number of aromatic nitrogens is 2. The van der Waals surface area contributed by atoms with Crippen LogP contribution in [0.1, 0.15) is 23.7 Å². The smallest absolute Gasteiger partial charge is 0.344 e. The Kier molecular flexibility index (Phi) is 4.10. The number of esters is 1. The van der Waals surface area contributed by atoms with Crippen molar-refractivity contribution in [2.45, 2.75) is 13.3 Å². The Balaban J connectivity index is 2.89. The summed E-state index contributed by atoms with van der Waals surface area (Å²) in [7, 11) is 0. The number of rotatable bonds is 3. The van der Waals surface area contributed by atoms with E-state index in [1.54, 1.807) is 0 Å². The lowest BCUT2D eigenvalue weighted by Crippen LogP contribution is -2.08. The van der Waals surface area contributed by atoms with Crippen LogP contribution in [0, 0.1) is 0 Å². The van der Waals surface area contributed by atoms with E-state index >= 15 is 0 Å². The fraction of sp³-hybridized carbons (Fsp3) is 0.375. The Hall–Kier alpha value is -0.870. The van der Waals surface area contributed by atoms with Gasteiger partial charge < -0.3 is 4.74 Å². The van der Waals surface area contributed by atoms with Gasteiger partial charge in [-0.15, -0.1) is 0 Å². The molecule has 1 aromatic rings. The third-order valence-electron chi connectivity index (χ3n) is 1.40. The highest BCUT2D eigenvalue weighted by atomic mass is 35.5. The van der Waals surface area contributed by atoms with Crippen molar-refractivity contribution in [1.29, 1.82) is 0 Å². The number of hydrogen-bond acceptors (Lipinski definition) is 4. The summed E-state index contributed by atoms with van der Waals surface area (Å²) in [5, 5.41) is 0.0113. The highest BCUT2D eigenvalue weighted by molar-refractivity contribution is 6.37. The normalized spacial score (nSPS) is 9.93. The molecule has 0 aromatic carbocycles. The Morgan fingerprint density at radius 1 is 1.43 bits per heavy atom. The monoisotopic (exact) mass is 234 g/mol. The second-order valence-corrected chi connectivity index (χ2v) is 3.18. The minimum absolute atomic E-state index is 0.00565. The molecule has 4 nitrogen and oxygen atoms in total. The van der Waals surface area contributed by atoms with Crippen molar-refractivity contribution < 1.29 is 9.53 Å². The van der Waals surface area contributed by atoms with Gasteiger partial charge >= 0.3 is 5.97 Å². The number of halogens is 2. The molecule has 0 N–H and O–H groups in total. The van der Waals surface area contributed by atoms with Gasteiger partial charge in [0, 0.05) is 0 Å². The lowest BCUT2D eigenvalue weighted by molar-refractivity contribution is 0.0504. The van der Waals surface area contributed by atoms with Crippen LogP contribution in [0.3, 0.4) is 0 Å². The standard InChI is InChI=1S/C8H8Cl2N2O2/c1-2-3-14-8(13)5-6(9)11-4-12-7(5)10/h4H,2-3H2,1H3. The molecule has 0 radical (unpaired) electrons. The SMILES string of the molecule is CCCOC(=O)c1c(Cl)ncnc1Cl. The van der Waals surface area contributed by atoms with Crippen LogP contribution in [0.25, 0.3) is 0 Å². The summed E-state index contributed by atoms with van der Waals surface area (Å²) in [5.41, 5.74) is 0.0179. The molecule has 0 amide bonds. The second kappa shape index (κ2) is 5.12. The molecule has 1 rings (SSSR count). The summed E-state index contributed by atoms with van der Waals surface area (Å²) in [6, 6.07) is 0. The van der Waals surface area contributed by atoms with Crippen molar-refractivity contribution in [2.75, 3.05) is 6.61 Å². The minimum Gasteiger partial charge on any atom is -0.462 e. The van der Waals surface area contributed by atoms with E-state index in [2.05, 4.69) is 9.97 Å². The van der Waals surface area contributed by atoms with Gasteiger partial charge in [-0.2, -0.15) is 0 Å². The lowest BCUT2D eigenvalue weighted by Gasteiger charge is -2.04. The van der Waals surface area contributed by atoms with E-state index in [1.165, 1.54) is 6.33 Å². The summed E-state index contributed by atoms with van der Waals surface area (Å²) < 4.78 is 4.85. The molecule has 0 fully saturated rings. The predicted molar refractivity (Wildman–Crippen MR) is 52.6 cm³/mol. The first-order valence-electron chi connectivity index (χ1n) is 4.00. The molecule has 1 aromatic heterocycles. The van der Waals surface area contributed by atoms with E-state index in [0.29, 0.717) is 6.61 Å². The van der Waals surface area contributed by atoms with Gasteiger partial charge in [0.05, 0.1) is 6.61 Å². The Morgan fingerprint density at radius 3 is 2.50 bits per heavy atom. The van der Waals surface area contributed by atoms with Gasteiger partial charge in [0.1, 0.15) is 22.2 Å². The average molecular weight is 235 g/mol. The summed E-state index contributed by atoms with van der Waals surface area (Å²) in [6.45, 7) is 2.21. The van der Waals surface area contributed by atoms with Crippen molar-refractivity contribution in [3.8, 4) is 0 Å². The maximum Gasteiger partial charge on any atom is 0.344 e. The first kappa shape index (κ1) is 11.2. The largest absolute Gasteiger partial charge is 0.462 e. The number of nitrogens with zero attached hydrogens (tertiary/aromatic N) is 2. The summed E-state index contributed by atoms with van der Waals surface area (Å²) in [4.78, 5) is 18.7. The van der Waals surface area contributed by atoms with Gasteiger partial charge in [0.2, 0.25) is 0 Å². The number of ether oxygens (including phenoxy) is 1. The van der Waals surface area contributed by atoms with Crippen molar-refractivity contribution in [2.24, 2.45) is 0 Å². The molecule has 6 heteroatoms. The summed E-state index contributed by atoms with van der Waals surface area (Å²) in [5.74, 6) is -0.595. The average Bonchev–Trinajstić information content (AvgIpc) is 2.14.